The van der Waals surface area contributed by atoms with Crippen LogP contribution in [0.2, 0.25) is 0 Å². The number of carboxylic acids is 1. The average Bonchev–Trinajstić information content (AvgIpc) is 2.29. The summed E-state index contributed by atoms with van der Waals surface area (Å²) in [5.74, 6) is -0.590. The van der Waals surface area contributed by atoms with Gasteiger partial charge in [-0.1, -0.05) is 0 Å². The first-order valence-electron chi connectivity index (χ1n) is 5.12. The van der Waals surface area contributed by atoms with Crippen LogP contribution in [0.25, 0.3) is 0 Å². The van der Waals surface area contributed by atoms with Crippen LogP contribution in [0.3, 0.4) is 0 Å². The van der Waals surface area contributed by atoms with Gasteiger partial charge in [0.1, 0.15) is 0 Å². The summed E-state index contributed by atoms with van der Waals surface area (Å²) >= 11 is 6.05. The van der Waals surface area contributed by atoms with E-state index in [0.29, 0.717) is 12.5 Å². The number of aromatic nitrogens is 2. The number of rotatable bonds is 2. The Morgan fingerprint density at radius 1 is 1.62 bits per heavy atom. The highest BCUT2D eigenvalue weighted by Crippen LogP contribution is 2.19. The molecule has 1 fully saturated rings. The van der Waals surface area contributed by atoms with E-state index < -0.39 is 5.97 Å². The van der Waals surface area contributed by atoms with E-state index in [4.69, 9.17) is 16.7 Å². The standard InChI is InChI=1S/C10H12ClN3O2/c11-7-2-1-5-14(6-7)10-12-4-3-8(13-10)9(15)16/h3-4,7H,1-2,5-6H2,(H,15,16). The Labute approximate surface area is 98.1 Å². The number of carbonyl (C=O) groups is 1. The van der Waals surface area contributed by atoms with E-state index in [-0.39, 0.29) is 11.1 Å². The maximum atomic E-state index is 10.8. The van der Waals surface area contributed by atoms with Gasteiger partial charge in [0, 0.05) is 19.3 Å². The molecule has 0 saturated carbocycles. The van der Waals surface area contributed by atoms with Gasteiger partial charge in [0.15, 0.2) is 5.69 Å². The van der Waals surface area contributed by atoms with Crippen LogP contribution in [-0.4, -0.2) is 39.5 Å². The van der Waals surface area contributed by atoms with Crippen LogP contribution in [0.1, 0.15) is 23.3 Å². The third kappa shape index (κ3) is 2.41. The molecule has 1 aromatic heterocycles. The number of aromatic carboxylic acids is 1. The lowest BCUT2D eigenvalue weighted by Gasteiger charge is -2.29. The molecule has 6 heteroatoms. The average molecular weight is 242 g/mol. The number of halogens is 1. The molecule has 1 unspecified atom stereocenters. The second kappa shape index (κ2) is 4.65. The molecular formula is C10H12ClN3O2. The zero-order valence-corrected chi connectivity index (χ0v) is 9.39. The van der Waals surface area contributed by atoms with Gasteiger partial charge in [-0.05, 0) is 18.9 Å². The van der Waals surface area contributed by atoms with Gasteiger partial charge < -0.3 is 10.0 Å². The second-order valence-corrected chi connectivity index (χ2v) is 4.35. The van der Waals surface area contributed by atoms with E-state index in [9.17, 15) is 4.79 Å². The van der Waals surface area contributed by atoms with Gasteiger partial charge in [-0.25, -0.2) is 14.8 Å². The lowest BCUT2D eigenvalue weighted by Crippen LogP contribution is -2.37. The van der Waals surface area contributed by atoms with Crippen LogP contribution in [0.15, 0.2) is 12.3 Å². The zero-order valence-electron chi connectivity index (χ0n) is 8.64. The van der Waals surface area contributed by atoms with Gasteiger partial charge >= 0.3 is 5.97 Å². The molecule has 5 nitrogen and oxygen atoms in total. The Morgan fingerprint density at radius 2 is 2.44 bits per heavy atom. The first kappa shape index (κ1) is 11.1. The number of nitrogens with zero attached hydrogens (tertiary/aromatic N) is 3. The van der Waals surface area contributed by atoms with E-state index in [1.807, 2.05) is 4.90 Å². The Hall–Kier alpha value is -1.36. The molecule has 86 valence electrons. The molecule has 2 rings (SSSR count). The smallest absolute Gasteiger partial charge is 0.354 e. The van der Waals surface area contributed by atoms with Crippen molar-refractivity contribution >= 4 is 23.5 Å². The predicted molar refractivity (Wildman–Crippen MR) is 60.1 cm³/mol. The Morgan fingerprint density at radius 3 is 3.12 bits per heavy atom. The van der Waals surface area contributed by atoms with Crippen molar-refractivity contribution in [2.45, 2.75) is 18.2 Å². The maximum absolute atomic E-state index is 10.8. The number of alkyl halides is 1. The second-order valence-electron chi connectivity index (χ2n) is 3.73. The van der Waals surface area contributed by atoms with Gasteiger partial charge in [-0.2, -0.15) is 0 Å². The molecule has 2 heterocycles. The number of hydrogen-bond donors (Lipinski definition) is 1. The minimum absolute atomic E-state index is 0.0155. The van der Waals surface area contributed by atoms with Crippen molar-refractivity contribution in [3.8, 4) is 0 Å². The summed E-state index contributed by atoms with van der Waals surface area (Å²) in [5, 5.41) is 8.91. The summed E-state index contributed by atoms with van der Waals surface area (Å²) in [5.41, 5.74) is 0.0155. The van der Waals surface area contributed by atoms with Crippen LogP contribution in [-0.2, 0) is 0 Å². The number of carboxylic acid groups (broad SMARTS) is 1. The number of hydrogen-bond acceptors (Lipinski definition) is 4. The normalized spacial score (nSPS) is 20.8. The molecule has 1 aliphatic rings. The maximum Gasteiger partial charge on any atom is 0.354 e. The molecule has 1 saturated heterocycles. The number of anilines is 1. The molecule has 1 aromatic rings. The van der Waals surface area contributed by atoms with Crippen LogP contribution < -0.4 is 4.90 Å². The van der Waals surface area contributed by atoms with Gasteiger partial charge in [-0.3, -0.25) is 0 Å². The van der Waals surface area contributed by atoms with E-state index in [1.54, 1.807) is 0 Å². The molecule has 0 aromatic carbocycles. The van der Waals surface area contributed by atoms with Gasteiger partial charge in [-0.15, -0.1) is 11.6 Å². The van der Waals surface area contributed by atoms with Crippen molar-refractivity contribution in [2.75, 3.05) is 18.0 Å². The molecule has 1 atom stereocenters. The molecule has 0 bridgehead atoms. The highest BCUT2D eigenvalue weighted by Gasteiger charge is 2.20. The summed E-state index contributed by atoms with van der Waals surface area (Å²) < 4.78 is 0. The third-order valence-electron chi connectivity index (χ3n) is 2.51. The molecule has 0 aliphatic carbocycles. The fourth-order valence-corrected chi connectivity index (χ4v) is 2.05. The summed E-state index contributed by atoms with van der Waals surface area (Å²) in [6.45, 7) is 1.50. The molecule has 16 heavy (non-hydrogen) atoms. The SMILES string of the molecule is O=C(O)c1ccnc(N2CCCC(Cl)C2)n1. The van der Waals surface area contributed by atoms with Crippen molar-refractivity contribution < 1.29 is 9.90 Å². The van der Waals surface area contributed by atoms with Gasteiger partial charge in [0.25, 0.3) is 0 Å². The summed E-state index contributed by atoms with van der Waals surface area (Å²) in [7, 11) is 0. The van der Waals surface area contributed by atoms with Crippen molar-refractivity contribution in [2.24, 2.45) is 0 Å². The van der Waals surface area contributed by atoms with E-state index >= 15 is 0 Å². The minimum Gasteiger partial charge on any atom is -0.477 e. The molecule has 0 spiro atoms. The highest BCUT2D eigenvalue weighted by atomic mass is 35.5. The zero-order chi connectivity index (χ0) is 11.5. The van der Waals surface area contributed by atoms with E-state index in [1.165, 1.54) is 12.3 Å². The Balaban J connectivity index is 2.19. The summed E-state index contributed by atoms with van der Waals surface area (Å²) in [6.07, 6.45) is 3.43. The molecule has 1 N–H and O–H groups in total. The number of piperidine rings is 1. The van der Waals surface area contributed by atoms with Crippen LogP contribution in [0.5, 0.6) is 0 Å². The van der Waals surface area contributed by atoms with Crippen molar-refractivity contribution in [3.05, 3.63) is 18.0 Å². The van der Waals surface area contributed by atoms with Crippen LogP contribution in [0.4, 0.5) is 5.95 Å². The lowest BCUT2D eigenvalue weighted by molar-refractivity contribution is 0.0690. The summed E-state index contributed by atoms with van der Waals surface area (Å²) in [4.78, 5) is 20.7. The fraction of sp³-hybridized carbons (Fsp3) is 0.500. The first-order chi connectivity index (χ1) is 7.66. The van der Waals surface area contributed by atoms with Crippen LogP contribution in [0, 0.1) is 0 Å². The Kier molecular flexibility index (Phi) is 3.24. The molecule has 0 amide bonds. The highest BCUT2D eigenvalue weighted by molar-refractivity contribution is 6.21. The topological polar surface area (TPSA) is 66.3 Å². The molecular weight excluding hydrogens is 230 g/mol. The van der Waals surface area contributed by atoms with Crippen molar-refractivity contribution in [1.82, 2.24) is 9.97 Å². The predicted octanol–water partition coefficient (Wildman–Crippen LogP) is 1.38. The fourth-order valence-electron chi connectivity index (χ4n) is 1.73. The van der Waals surface area contributed by atoms with Gasteiger partial charge in [0.05, 0.1) is 5.38 Å². The third-order valence-corrected chi connectivity index (χ3v) is 2.86. The van der Waals surface area contributed by atoms with Gasteiger partial charge in [0.2, 0.25) is 5.95 Å². The lowest BCUT2D eigenvalue weighted by atomic mass is 10.1. The quantitative estimate of drug-likeness (QED) is 0.793. The van der Waals surface area contributed by atoms with Crippen LogP contribution >= 0.6 is 11.6 Å². The molecule has 0 radical (unpaired) electrons. The van der Waals surface area contributed by atoms with Crippen molar-refractivity contribution in [1.29, 1.82) is 0 Å². The van der Waals surface area contributed by atoms with Crippen molar-refractivity contribution in [3.63, 3.8) is 0 Å². The Bertz CT molecular complexity index is 399. The molecule has 1 aliphatic heterocycles. The van der Waals surface area contributed by atoms with E-state index in [2.05, 4.69) is 9.97 Å². The monoisotopic (exact) mass is 241 g/mol. The minimum atomic E-state index is -1.04. The summed E-state index contributed by atoms with van der Waals surface area (Å²) in [6, 6.07) is 1.38. The van der Waals surface area contributed by atoms with E-state index in [0.717, 1.165) is 19.4 Å². The first-order valence-corrected chi connectivity index (χ1v) is 5.56. The largest absolute Gasteiger partial charge is 0.477 e.